The summed E-state index contributed by atoms with van der Waals surface area (Å²) in [6, 6.07) is 7.55. The quantitative estimate of drug-likeness (QED) is 0.695. The Labute approximate surface area is 124 Å². The summed E-state index contributed by atoms with van der Waals surface area (Å²) in [7, 11) is 1.65. The standard InChI is InChI=1S/C14H20ClN3O2/c1-20-7-3-6-16-14(19)13-9-12(17-18-13)10-4-2-5-11(15)8-10/h2,4-5,8,12-13,17-18H,3,6-7,9H2,1H3,(H,16,19). The highest BCUT2D eigenvalue weighted by Crippen LogP contribution is 2.24. The fourth-order valence-corrected chi connectivity index (χ4v) is 2.42. The van der Waals surface area contributed by atoms with Crippen molar-refractivity contribution in [3.63, 3.8) is 0 Å². The molecule has 0 spiro atoms. The number of carbonyl (C=O) groups excluding carboxylic acids is 1. The smallest absolute Gasteiger partial charge is 0.238 e. The fraction of sp³-hybridized carbons (Fsp3) is 0.500. The Hall–Kier alpha value is -1.14. The summed E-state index contributed by atoms with van der Waals surface area (Å²) in [5.74, 6) is 0.0122. The largest absolute Gasteiger partial charge is 0.385 e. The third-order valence-corrected chi connectivity index (χ3v) is 3.53. The number of methoxy groups -OCH3 is 1. The number of hydrogen-bond donors (Lipinski definition) is 3. The summed E-state index contributed by atoms with van der Waals surface area (Å²) >= 11 is 5.98. The Kier molecular flexibility index (Phi) is 5.79. The minimum absolute atomic E-state index is 0.0122. The average molecular weight is 298 g/mol. The highest BCUT2D eigenvalue weighted by molar-refractivity contribution is 6.30. The topological polar surface area (TPSA) is 62.4 Å². The Morgan fingerprint density at radius 1 is 1.50 bits per heavy atom. The van der Waals surface area contributed by atoms with Crippen LogP contribution in [0.4, 0.5) is 0 Å². The van der Waals surface area contributed by atoms with Crippen molar-refractivity contribution in [1.82, 2.24) is 16.2 Å². The first-order valence-corrected chi connectivity index (χ1v) is 7.11. The van der Waals surface area contributed by atoms with Crippen LogP contribution in [0.2, 0.25) is 5.02 Å². The van der Waals surface area contributed by atoms with Gasteiger partial charge >= 0.3 is 0 Å². The van der Waals surface area contributed by atoms with Crippen LogP contribution in [-0.4, -0.2) is 32.2 Å². The van der Waals surface area contributed by atoms with E-state index < -0.39 is 0 Å². The predicted octanol–water partition coefficient (Wildman–Crippen LogP) is 1.40. The number of nitrogens with one attached hydrogen (secondary N) is 3. The van der Waals surface area contributed by atoms with Gasteiger partial charge in [0.1, 0.15) is 6.04 Å². The molecule has 6 heteroatoms. The zero-order chi connectivity index (χ0) is 14.4. The first-order chi connectivity index (χ1) is 9.70. The predicted molar refractivity (Wildman–Crippen MR) is 78.4 cm³/mol. The van der Waals surface area contributed by atoms with Gasteiger partial charge in [-0.05, 0) is 30.5 Å². The van der Waals surface area contributed by atoms with Crippen LogP contribution in [0.15, 0.2) is 24.3 Å². The molecule has 1 saturated heterocycles. The molecular weight excluding hydrogens is 278 g/mol. The monoisotopic (exact) mass is 297 g/mol. The summed E-state index contributed by atoms with van der Waals surface area (Å²) in [5, 5.41) is 3.60. The number of rotatable bonds is 6. The molecule has 0 aliphatic carbocycles. The maximum atomic E-state index is 12.0. The third kappa shape index (κ3) is 4.18. The van der Waals surface area contributed by atoms with Crippen LogP contribution in [0.3, 0.4) is 0 Å². The van der Waals surface area contributed by atoms with Crippen LogP contribution in [0, 0.1) is 0 Å². The Balaban J connectivity index is 1.81. The van der Waals surface area contributed by atoms with E-state index in [1.54, 1.807) is 7.11 Å². The van der Waals surface area contributed by atoms with E-state index >= 15 is 0 Å². The number of hydrazine groups is 1. The van der Waals surface area contributed by atoms with E-state index in [0.717, 1.165) is 12.0 Å². The molecule has 20 heavy (non-hydrogen) atoms. The van der Waals surface area contributed by atoms with Crippen LogP contribution in [-0.2, 0) is 9.53 Å². The van der Waals surface area contributed by atoms with Gasteiger partial charge in [-0.1, -0.05) is 23.7 Å². The second-order valence-corrected chi connectivity index (χ2v) is 5.26. The van der Waals surface area contributed by atoms with E-state index in [1.165, 1.54) is 0 Å². The lowest BCUT2D eigenvalue weighted by Gasteiger charge is -2.10. The molecule has 1 aliphatic heterocycles. The summed E-state index contributed by atoms with van der Waals surface area (Å²) in [6.45, 7) is 1.29. The number of benzene rings is 1. The van der Waals surface area contributed by atoms with Crippen molar-refractivity contribution < 1.29 is 9.53 Å². The van der Waals surface area contributed by atoms with Gasteiger partial charge in [-0.2, -0.15) is 0 Å². The van der Waals surface area contributed by atoms with Crippen LogP contribution in [0.25, 0.3) is 0 Å². The van der Waals surface area contributed by atoms with Crippen molar-refractivity contribution in [3.8, 4) is 0 Å². The Morgan fingerprint density at radius 3 is 3.10 bits per heavy atom. The highest BCUT2D eigenvalue weighted by atomic mass is 35.5. The summed E-state index contributed by atoms with van der Waals surface area (Å²) in [4.78, 5) is 12.0. The highest BCUT2D eigenvalue weighted by Gasteiger charge is 2.29. The Bertz CT molecular complexity index is 456. The maximum absolute atomic E-state index is 12.0. The molecule has 1 fully saturated rings. The number of hydrogen-bond acceptors (Lipinski definition) is 4. The van der Waals surface area contributed by atoms with Crippen LogP contribution >= 0.6 is 11.6 Å². The zero-order valence-electron chi connectivity index (χ0n) is 11.5. The first kappa shape index (κ1) is 15.3. The molecule has 1 aromatic carbocycles. The molecule has 0 radical (unpaired) electrons. The average Bonchev–Trinajstić information content (AvgIpc) is 2.93. The van der Waals surface area contributed by atoms with Crippen molar-refractivity contribution in [3.05, 3.63) is 34.9 Å². The van der Waals surface area contributed by atoms with E-state index in [1.807, 2.05) is 24.3 Å². The van der Waals surface area contributed by atoms with E-state index in [-0.39, 0.29) is 18.0 Å². The fourth-order valence-electron chi connectivity index (χ4n) is 2.22. The van der Waals surface area contributed by atoms with Crippen molar-refractivity contribution in [1.29, 1.82) is 0 Å². The molecule has 1 aromatic rings. The van der Waals surface area contributed by atoms with Crippen molar-refractivity contribution in [2.24, 2.45) is 0 Å². The van der Waals surface area contributed by atoms with Crippen molar-refractivity contribution in [2.75, 3.05) is 20.3 Å². The number of ether oxygens (including phenoxy) is 1. The minimum Gasteiger partial charge on any atom is -0.385 e. The van der Waals surface area contributed by atoms with Crippen LogP contribution in [0.1, 0.15) is 24.4 Å². The van der Waals surface area contributed by atoms with Gasteiger partial charge in [0.2, 0.25) is 5.91 Å². The van der Waals surface area contributed by atoms with Gasteiger partial charge in [0.25, 0.3) is 0 Å². The van der Waals surface area contributed by atoms with E-state index in [4.69, 9.17) is 16.3 Å². The molecule has 0 aromatic heterocycles. The molecule has 1 aliphatic rings. The summed E-state index contributed by atoms with van der Waals surface area (Å²) in [6.07, 6.45) is 1.52. The summed E-state index contributed by atoms with van der Waals surface area (Å²) in [5.41, 5.74) is 7.25. The van der Waals surface area contributed by atoms with E-state index in [2.05, 4.69) is 16.2 Å². The molecular formula is C14H20ClN3O2. The molecule has 1 amide bonds. The second kappa shape index (κ2) is 7.59. The van der Waals surface area contributed by atoms with Gasteiger partial charge in [-0.3, -0.25) is 4.79 Å². The zero-order valence-corrected chi connectivity index (χ0v) is 12.2. The molecule has 0 bridgehead atoms. The maximum Gasteiger partial charge on any atom is 0.238 e. The molecule has 2 unspecified atom stereocenters. The number of halogens is 1. The lowest BCUT2D eigenvalue weighted by atomic mass is 10.0. The first-order valence-electron chi connectivity index (χ1n) is 6.74. The molecule has 3 N–H and O–H groups in total. The SMILES string of the molecule is COCCCNC(=O)C1CC(c2cccc(Cl)c2)NN1. The lowest BCUT2D eigenvalue weighted by molar-refractivity contribution is -0.122. The number of carbonyl (C=O) groups is 1. The van der Waals surface area contributed by atoms with E-state index in [0.29, 0.717) is 24.6 Å². The van der Waals surface area contributed by atoms with E-state index in [9.17, 15) is 4.79 Å². The van der Waals surface area contributed by atoms with Gasteiger partial charge in [-0.25, -0.2) is 10.9 Å². The van der Waals surface area contributed by atoms with Gasteiger partial charge in [0, 0.05) is 31.3 Å². The number of amides is 1. The van der Waals surface area contributed by atoms with Gasteiger partial charge < -0.3 is 10.1 Å². The molecule has 2 rings (SSSR count). The minimum atomic E-state index is -0.221. The normalized spacial score (nSPS) is 21.9. The van der Waals surface area contributed by atoms with Crippen molar-refractivity contribution >= 4 is 17.5 Å². The molecule has 5 nitrogen and oxygen atoms in total. The molecule has 0 saturated carbocycles. The molecule has 110 valence electrons. The van der Waals surface area contributed by atoms with Crippen molar-refractivity contribution in [2.45, 2.75) is 24.9 Å². The second-order valence-electron chi connectivity index (χ2n) is 4.82. The summed E-state index contributed by atoms with van der Waals surface area (Å²) < 4.78 is 4.94. The molecule has 2 atom stereocenters. The lowest BCUT2D eigenvalue weighted by Crippen LogP contribution is -2.43. The Morgan fingerprint density at radius 2 is 2.35 bits per heavy atom. The third-order valence-electron chi connectivity index (χ3n) is 3.30. The van der Waals surface area contributed by atoms with Gasteiger partial charge in [0.05, 0.1) is 0 Å². The van der Waals surface area contributed by atoms with Crippen LogP contribution in [0.5, 0.6) is 0 Å². The molecule has 1 heterocycles. The van der Waals surface area contributed by atoms with Crippen LogP contribution < -0.4 is 16.2 Å². The van der Waals surface area contributed by atoms with Gasteiger partial charge in [-0.15, -0.1) is 0 Å². The van der Waals surface area contributed by atoms with Gasteiger partial charge in [0.15, 0.2) is 0 Å².